The number of esters is 1. The number of hydrogen-bond acceptors (Lipinski definition) is 6. The highest BCUT2D eigenvalue weighted by molar-refractivity contribution is 5.82. The molecule has 162 valence electrons. The summed E-state index contributed by atoms with van der Waals surface area (Å²) in [5.41, 5.74) is 0.424. The molecule has 0 bridgehead atoms. The van der Waals surface area contributed by atoms with Crippen LogP contribution in [0.5, 0.6) is 11.5 Å². The molecule has 0 radical (unpaired) electrons. The van der Waals surface area contributed by atoms with E-state index in [1.807, 2.05) is 18.2 Å². The third-order valence-corrected chi connectivity index (χ3v) is 4.44. The zero-order valence-electron chi connectivity index (χ0n) is 17.6. The number of benzene rings is 2. The Hall–Kier alpha value is -3.10. The first-order valence-electron chi connectivity index (χ1n) is 9.71. The molecule has 0 aromatic heterocycles. The molecule has 2 rings (SSSR count). The second-order valence-corrected chi connectivity index (χ2v) is 6.51. The summed E-state index contributed by atoms with van der Waals surface area (Å²) in [6.07, 6.45) is -1.24. The van der Waals surface area contributed by atoms with Crippen molar-refractivity contribution in [1.82, 2.24) is 10.2 Å². The average molecular weight is 416 g/mol. The SMILES string of the molecule is CCOC(C)(NC)OC(=O)C(c1cccc(Oc2ccccc2)c1)N(CC)C(=O)O. The molecule has 0 saturated heterocycles. The molecular formula is C22H28N2O6. The normalized spacial score (nSPS) is 13.7. The lowest BCUT2D eigenvalue weighted by atomic mass is 10.0. The van der Waals surface area contributed by atoms with Gasteiger partial charge in [0, 0.05) is 20.1 Å². The molecule has 2 N–H and O–H groups in total. The molecule has 2 unspecified atom stereocenters. The van der Waals surface area contributed by atoms with E-state index in [4.69, 9.17) is 14.2 Å². The minimum Gasteiger partial charge on any atom is -0.465 e. The van der Waals surface area contributed by atoms with E-state index in [0.717, 1.165) is 4.90 Å². The largest absolute Gasteiger partial charge is 0.465 e. The van der Waals surface area contributed by atoms with Gasteiger partial charge in [-0.3, -0.25) is 10.2 Å². The van der Waals surface area contributed by atoms with Crippen LogP contribution in [0.25, 0.3) is 0 Å². The van der Waals surface area contributed by atoms with Gasteiger partial charge in [0.15, 0.2) is 6.04 Å². The Morgan fingerprint density at radius 1 is 1.10 bits per heavy atom. The first-order valence-corrected chi connectivity index (χ1v) is 9.71. The number of carbonyl (C=O) groups excluding carboxylic acids is 1. The van der Waals surface area contributed by atoms with Gasteiger partial charge in [-0.1, -0.05) is 30.3 Å². The van der Waals surface area contributed by atoms with Crippen LogP contribution in [0.1, 0.15) is 32.4 Å². The maximum absolute atomic E-state index is 13.1. The summed E-state index contributed by atoms with van der Waals surface area (Å²) in [6.45, 7) is 5.35. The molecule has 0 heterocycles. The summed E-state index contributed by atoms with van der Waals surface area (Å²) in [5.74, 6) is -1.06. The first-order chi connectivity index (χ1) is 14.3. The second kappa shape index (κ2) is 10.6. The van der Waals surface area contributed by atoms with Gasteiger partial charge >= 0.3 is 12.1 Å². The second-order valence-electron chi connectivity index (χ2n) is 6.51. The van der Waals surface area contributed by atoms with E-state index in [9.17, 15) is 14.7 Å². The van der Waals surface area contributed by atoms with Crippen molar-refractivity contribution >= 4 is 12.1 Å². The number of rotatable bonds is 10. The third kappa shape index (κ3) is 5.95. The zero-order chi connectivity index (χ0) is 22.1. The summed E-state index contributed by atoms with van der Waals surface area (Å²) in [7, 11) is 1.58. The van der Waals surface area contributed by atoms with Crippen molar-refractivity contribution in [1.29, 1.82) is 0 Å². The molecule has 1 amide bonds. The van der Waals surface area contributed by atoms with Gasteiger partial charge < -0.3 is 19.3 Å². The summed E-state index contributed by atoms with van der Waals surface area (Å²) in [5, 5.41) is 12.4. The Kier molecular flexibility index (Phi) is 8.20. The zero-order valence-corrected chi connectivity index (χ0v) is 17.6. The average Bonchev–Trinajstić information content (AvgIpc) is 2.72. The van der Waals surface area contributed by atoms with Crippen molar-refractivity contribution in [2.24, 2.45) is 0 Å². The van der Waals surface area contributed by atoms with Crippen LogP contribution in [0.4, 0.5) is 4.79 Å². The minimum atomic E-state index is -1.39. The fraction of sp³-hybridized carbons (Fsp3) is 0.364. The summed E-state index contributed by atoms with van der Waals surface area (Å²) < 4.78 is 16.8. The molecule has 0 spiro atoms. The molecule has 0 fully saturated rings. The number of ether oxygens (including phenoxy) is 3. The smallest absolute Gasteiger partial charge is 0.408 e. The van der Waals surface area contributed by atoms with Crippen LogP contribution >= 0.6 is 0 Å². The minimum absolute atomic E-state index is 0.0871. The number of para-hydroxylation sites is 1. The maximum Gasteiger partial charge on any atom is 0.408 e. The Morgan fingerprint density at radius 2 is 1.77 bits per heavy atom. The van der Waals surface area contributed by atoms with Gasteiger partial charge in [-0.15, -0.1) is 0 Å². The number of nitrogens with zero attached hydrogens (tertiary/aromatic N) is 1. The predicted octanol–water partition coefficient (Wildman–Crippen LogP) is 3.99. The van der Waals surface area contributed by atoms with E-state index in [0.29, 0.717) is 23.7 Å². The van der Waals surface area contributed by atoms with Gasteiger partial charge in [0.25, 0.3) is 5.91 Å². The summed E-state index contributed by atoms with van der Waals surface area (Å²) >= 11 is 0. The molecule has 2 atom stereocenters. The van der Waals surface area contributed by atoms with Gasteiger partial charge in [0.05, 0.1) is 0 Å². The number of nitrogens with one attached hydrogen (secondary N) is 1. The Bertz CT molecular complexity index is 845. The molecule has 8 nitrogen and oxygen atoms in total. The lowest BCUT2D eigenvalue weighted by Gasteiger charge is -2.33. The van der Waals surface area contributed by atoms with Crippen molar-refractivity contribution in [2.75, 3.05) is 20.2 Å². The van der Waals surface area contributed by atoms with E-state index in [-0.39, 0.29) is 6.54 Å². The fourth-order valence-corrected chi connectivity index (χ4v) is 2.92. The number of hydrogen-bond donors (Lipinski definition) is 2. The number of carboxylic acid groups (broad SMARTS) is 1. The van der Waals surface area contributed by atoms with E-state index < -0.39 is 24.0 Å². The van der Waals surface area contributed by atoms with Gasteiger partial charge in [0.1, 0.15) is 11.5 Å². The highest BCUT2D eigenvalue weighted by atomic mass is 16.7. The van der Waals surface area contributed by atoms with Gasteiger partial charge in [-0.2, -0.15) is 0 Å². The lowest BCUT2D eigenvalue weighted by molar-refractivity contribution is -0.237. The molecule has 0 aliphatic carbocycles. The Balaban J connectivity index is 2.38. The van der Waals surface area contributed by atoms with Crippen LogP contribution in [-0.4, -0.2) is 48.2 Å². The molecule has 2 aromatic carbocycles. The van der Waals surface area contributed by atoms with Gasteiger partial charge in [-0.05, 0) is 50.7 Å². The predicted molar refractivity (Wildman–Crippen MR) is 111 cm³/mol. The van der Waals surface area contributed by atoms with Crippen LogP contribution < -0.4 is 10.1 Å². The maximum atomic E-state index is 13.1. The van der Waals surface area contributed by atoms with Crippen molar-refractivity contribution in [3.8, 4) is 11.5 Å². The first kappa shape index (κ1) is 23.2. The monoisotopic (exact) mass is 416 g/mol. The highest BCUT2D eigenvalue weighted by Gasteiger charge is 2.37. The topological polar surface area (TPSA) is 97.3 Å². The molecule has 2 aromatic rings. The summed E-state index contributed by atoms with van der Waals surface area (Å²) in [6, 6.07) is 14.7. The molecule has 0 saturated carbocycles. The molecule has 0 aliphatic heterocycles. The number of amides is 1. The Morgan fingerprint density at radius 3 is 2.33 bits per heavy atom. The molecule has 0 aliphatic rings. The molecular weight excluding hydrogens is 388 g/mol. The third-order valence-electron chi connectivity index (χ3n) is 4.44. The quantitative estimate of drug-likeness (QED) is 0.446. The van der Waals surface area contributed by atoms with Crippen LogP contribution in [0.15, 0.2) is 54.6 Å². The van der Waals surface area contributed by atoms with Crippen LogP contribution in [0.2, 0.25) is 0 Å². The lowest BCUT2D eigenvalue weighted by Crippen LogP contribution is -2.49. The number of likely N-dealkylation sites (N-methyl/N-ethyl adjacent to an activating group) is 1. The van der Waals surface area contributed by atoms with E-state index in [1.165, 1.54) is 0 Å². The van der Waals surface area contributed by atoms with E-state index in [1.54, 1.807) is 64.2 Å². The van der Waals surface area contributed by atoms with Crippen LogP contribution in [-0.2, 0) is 14.3 Å². The highest BCUT2D eigenvalue weighted by Crippen LogP contribution is 2.29. The van der Waals surface area contributed by atoms with Gasteiger partial charge in [0.2, 0.25) is 0 Å². The van der Waals surface area contributed by atoms with Gasteiger partial charge in [-0.25, -0.2) is 9.59 Å². The Labute approximate surface area is 176 Å². The molecule has 30 heavy (non-hydrogen) atoms. The van der Waals surface area contributed by atoms with Crippen molar-refractivity contribution < 1.29 is 28.9 Å². The number of carbonyl (C=O) groups is 2. The van der Waals surface area contributed by atoms with Crippen molar-refractivity contribution in [3.63, 3.8) is 0 Å². The van der Waals surface area contributed by atoms with Crippen LogP contribution in [0.3, 0.4) is 0 Å². The van der Waals surface area contributed by atoms with E-state index in [2.05, 4.69) is 5.32 Å². The van der Waals surface area contributed by atoms with Crippen LogP contribution in [0, 0.1) is 0 Å². The standard InChI is InChI=1S/C22H28N2O6/c1-5-24(21(26)27)19(20(25)30-22(3,23-4)28-6-2)16-11-10-14-18(15-16)29-17-12-8-7-9-13-17/h7-15,19,23H,5-6H2,1-4H3,(H,26,27). The summed E-state index contributed by atoms with van der Waals surface area (Å²) in [4.78, 5) is 25.9. The molecule has 8 heteroatoms. The fourth-order valence-electron chi connectivity index (χ4n) is 2.92. The van der Waals surface area contributed by atoms with E-state index >= 15 is 0 Å². The van der Waals surface area contributed by atoms with Crippen molar-refractivity contribution in [3.05, 3.63) is 60.2 Å². The van der Waals surface area contributed by atoms with Crippen molar-refractivity contribution in [2.45, 2.75) is 32.7 Å².